The number of carbonyl (C=O) groups is 4. The fraction of sp³-hybridized carbons (Fsp3) is 0.500. The third-order valence-corrected chi connectivity index (χ3v) is 6.37. The maximum atomic E-state index is 11.6. The summed E-state index contributed by atoms with van der Waals surface area (Å²) in [6.45, 7) is 5.82. The molecule has 11 heteroatoms. The Balaban J connectivity index is 1.63. The van der Waals surface area contributed by atoms with Crippen molar-refractivity contribution in [2.45, 2.75) is 77.5 Å². The van der Waals surface area contributed by atoms with E-state index in [1.807, 2.05) is 12.1 Å². The number of hydrogen-bond acceptors (Lipinski definition) is 11. The van der Waals surface area contributed by atoms with Gasteiger partial charge in [0.05, 0.1) is 13.2 Å². The highest BCUT2D eigenvalue weighted by atomic mass is 16.6. The highest BCUT2D eigenvalue weighted by molar-refractivity contribution is 5.67. The molecule has 6 atom stereocenters. The average Bonchev–Trinajstić information content (AvgIpc) is 3.35. The van der Waals surface area contributed by atoms with Gasteiger partial charge >= 0.3 is 23.9 Å². The van der Waals surface area contributed by atoms with Crippen molar-refractivity contribution in [3.8, 4) is 0 Å². The summed E-state index contributed by atoms with van der Waals surface area (Å²) in [5, 5.41) is 0. The molecule has 4 rings (SSSR count). The zero-order valence-corrected chi connectivity index (χ0v) is 22.2. The molecule has 0 fully saturated rings. The maximum absolute atomic E-state index is 11.6. The van der Waals surface area contributed by atoms with Crippen LogP contribution in [0.5, 0.6) is 0 Å². The van der Waals surface area contributed by atoms with Crippen LogP contribution in [0.15, 0.2) is 36.4 Å². The predicted molar refractivity (Wildman–Crippen MR) is 133 cm³/mol. The summed E-state index contributed by atoms with van der Waals surface area (Å²) in [5.41, 5.74) is 3.57. The Morgan fingerprint density at radius 3 is 1.79 bits per heavy atom. The van der Waals surface area contributed by atoms with Gasteiger partial charge in [-0.1, -0.05) is 18.2 Å². The lowest BCUT2D eigenvalue weighted by molar-refractivity contribution is -0.164. The van der Waals surface area contributed by atoms with E-state index in [2.05, 4.69) is 0 Å². The molecule has 1 aromatic rings. The van der Waals surface area contributed by atoms with E-state index in [1.54, 1.807) is 24.3 Å². The van der Waals surface area contributed by atoms with Crippen LogP contribution in [0.2, 0.25) is 0 Å². The molecule has 0 unspecified atom stereocenters. The van der Waals surface area contributed by atoms with Crippen LogP contribution in [0.4, 0.5) is 0 Å². The summed E-state index contributed by atoms with van der Waals surface area (Å²) >= 11 is 0. The van der Waals surface area contributed by atoms with Gasteiger partial charge in [0.15, 0.2) is 0 Å². The molecule has 0 saturated carbocycles. The molecule has 0 N–H and O–H groups in total. The summed E-state index contributed by atoms with van der Waals surface area (Å²) < 4.78 is 39.2. The van der Waals surface area contributed by atoms with Gasteiger partial charge in [-0.15, -0.1) is 0 Å². The molecule has 0 saturated heterocycles. The van der Waals surface area contributed by atoms with Crippen molar-refractivity contribution in [2.24, 2.45) is 0 Å². The lowest BCUT2D eigenvalue weighted by atomic mass is 9.91. The van der Waals surface area contributed by atoms with Crippen molar-refractivity contribution in [2.75, 3.05) is 13.2 Å². The Morgan fingerprint density at radius 1 is 0.718 bits per heavy atom. The molecule has 0 bridgehead atoms. The van der Waals surface area contributed by atoms with E-state index < -0.39 is 60.5 Å². The number of rotatable bonds is 8. The molecule has 0 aliphatic carbocycles. The quantitative estimate of drug-likeness (QED) is 0.272. The second-order valence-electron chi connectivity index (χ2n) is 9.45. The van der Waals surface area contributed by atoms with Gasteiger partial charge in [-0.3, -0.25) is 19.2 Å². The van der Waals surface area contributed by atoms with Crippen LogP contribution >= 0.6 is 0 Å². The van der Waals surface area contributed by atoms with Gasteiger partial charge < -0.3 is 33.2 Å². The molecule has 0 radical (unpaired) electrons. The minimum Gasteiger partial charge on any atom is -0.463 e. The summed E-state index contributed by atoms with van der Waals surface area (Å²) in [6.07, 6.45) is 3.14. The molecule has 0 aromatic heterocycles. The first-order chi connectivity index (χ1) is 18.6. The van der Waals surface area contributed by atoms with E-state index in [9.17, 15) is 19.2 Å². The predicted octanol–water partition coefficient (Wildman–Crippen LogP) is 2.70. The van der Waals surface area contributed by atoms with Crippen molar-refractivity contribution < 1.29 is 52.3 Å². The minimum absolute atomic E-state index is 0.0845. The van der Waals surface area contributed by atoms with E-state index in [0.717, 1.165) is 22.3 Å². The van der Waals surface area contributed by atoms with Crippen molar-refractivity contribution in [1.29, 1.82) is 0 Å². The zero-order chi connectivity index (χ0) is 28.1. The van der Waals surface area contributed by atoms with Crippen LogP contribution in [-0.4, -0.2) is 61.5 Å². The normalized spacial score (nSPS) is 27.4. The molecular weight excluding hydrogens is 512 g/mol. The third-order valence-electron chi connectivity index (χ3n) is 6.37. The number of ether oxygens (including phenoxy) is 7. The fourth-order valence-corrected chi connectivity index (χ4v) is 4.71. The second-order valence-corrected chi connectivity index (χ2v) is 9.45. The number of hydrogen-bond donors (Lipinski definition) is 0. The van der Waals surface area contributed by atoms with E-state index in [4.69, 9.17) is 33.2 Å². The Hall–Kier alpha value is -3.54. The summed E-state index contributed by atoms with van der Waals surface area (Å²) in [7, 11) is 0. The standard InChI is InChI=1S/C28H32O11/c1-15(29)34-13-27-25(36-17(3)31)7-5-23(38-27)19-9-20-11-33-12-22(20)21(10-19)24-6-8-26(37-18(4)32)28(39-24)14-35-16(2)30/h5-10,23-28H,11-14H2,1-4H3/t23-,24-,25-,26-,27+,28+/m0/s1. The van der Waals surface area contributed by atoms with Gasteiger partial charge in [-0.2, -0.15) is 0 Å². The van der Waals surface area contributed by atoms with Crippen molar-refractivity contribution >= 4 is 23.9 Å². The van der Waals surface area contributed by atoms with E-state index in [-0.39, 0.29) is 13.2 Å². The monoisotopic (exact) mass is 544 g/mol. The Morgan fingerprint density at radius 2 is 1.26 bits per heavy atom. The van der Waals surface area contributed by atoms with Crippen LogP contribution in [0.25, 0.3) is 0 Å². The lowest BCUT2D eigenvalue weighted by Crippen LogP contribution is -2.39. The number of fused-ring (bicyclic) bond motifs is 1. The van der Waals surface area contributed by atoms with Gasteiger partial charge in [0.2, 0.25) is 0 Å². The molecule has 0 amide bonds. The summed E-state index contributed by atoms with van der Waals surface area (Å²) in [5.74, 6) is -1.90. The van der Waals surface area contributed by atoms with Crippen molar-refractivity contribution in [3.05, 3.63) is 58.7 Å². The zero-order valence-electron chi connectivity index (χ0n) is 22.2. The molecule has 3 aliphatic rings. The molecule has 1 aromatic carbocycles. The van der Waals surface area contributed by atoms with Crippen LogP contribution in [0, 0.1) is 0 Å². The van der Waals surface area contributed by atoms with Crippen molar-refractivity contribution in [1.82, 2.24) is 0 Å². The fourth-order valence-electron chi connectivity index (χ4n) is 4.71. The van der Waals surface area contributed by atoms with Crippen LogP contribution in [0.1, 0.15) is 62.2 Å². The Labute approximate surface area is 226 Å². The number of esters is 4. The number of carbonyl (C=O) groups excluding carboxylic acids is 4. The van der Waals surface area contributed by atoms with Crippen LogP contribution < -0.4 is 0 Å². The highest BCUT2D eigenvalue weighted by Crippen LogP contribution is 2.38. The van der Waals surface area contributed by atoms with E-state index in [0.29, 0.717) is 13.2 Å². The SMILES string of the molecule is CC(=O)OC[C@H]1O[C@H](c2cc3c(c([C@@H]4C=C[C@H](OC(C)=O)[C@@H](COC(C)=O)O4)c2)COC3)C=C[C@@H]1OC(C)=O. The molecular formula is C28H32O11. The van der Waals surface area contributed by atoms with Gasteiger partial charge in [0, 0.05) is 27.7 Å². The molecule has 0 spiro atoms. The van der Waals surface area contributed by atoms with Crippen LogP contribution in [-0.2, 0) is 65.5 Å². The average molecular weight is 545 g/mol. The topological polar surface area (TPSA) is 133 Å². The largest absolute Gasteiger partial charge is 0.463 e. The van der Waals surface area contributed by atoms with Crippen molar-refractivity contribution in [3.63, 3.8) is 0 Å². The summed E-state index contributed by atoms with van der Waals surface area (Å²) in [6, 6.07) is 3.93. The Bertz CT molecular complexity index is 1170. The summed E-state index contributed by atoms with van der Waals surface area (Å²) in [4.78, 5) is 46.0. The van der Waals surface area contributed by atoms with Gasteiger partial charge in [0.25, 0.3) is 0 Å². The first-order valence-corrected chi connectivity index (χ1v) is 12.6. The molecule has 11 nitrogen and oxygen atoms in total. The molecule has 3 heterocycles. The second kappa shape index (κ2) is 12.5. The lowest BCUT2D eigenvalue weighted by Gasteiger charge is -2.34. The number of benzene rings is 1. The van der Waals surface area contributed by atoms with Gasteiger partial charge in [-0.25, -0.2) is 0 Å². The van der Waals surface area contributed by atoms with Crippen LogP contribution in [0.3, 0.4) is 0 Å². The third kappa shape index (κ3) is 7.31. The first kappa shape index (κ1) is 28.5. The Kier molecular flexibility index (Phi) is 9.16. The first-order valence-electron chi connectivity index (χ1n) is 12.6. The minimum atomic E-state index is -0.713. The highest BCUT2D eigenvalue weighted by Gasteiger charge is 2.35. The van der Waals surface area contributed by atoms with E-state index in [1.165, 1.54) is 27.7 Å². The molecule has 39 heavy (non-hydrogen) atoms. The smallest absolute Gasteiger partial charge is 0.303 e. The van der Waals surface area contributed by atoms with E-state index >= 15 is 0 Å². The van der Waals surface area contributed by atoms with Gasteiger partial charge in [-0.05, 0) is 40.5 Å². The molecule has 3 aliphatic heterocycles. The van der Waals surface area contributed by atoms with Gasteiger partial charge in [0.1, 0.15) is 49.8 Å². The molecule has 210 valence electrons. The maximum Gasteiger partial charge on any atom is 0.303 e.